The highest BCUT2D eigenvalue weighted by Gasteiger charge is 2.33. The molecule has 3 heterocycles. The maximum Gasteiger partial charge on any atom is 0.573 e. The van der Waals surface area contributed by atoms with Crippen LogP contribution < -0.4 is 14.8 Å². The van der Waals surface area contributed by atoms with E-state index in [1.54, 1.807) is 0 Å². The second-order valence-electron chi connectivity index (χ2n) is 7.50. The van der Waals surface area contributed by atoms with E-state index in [-0.39, 0.29) is 18.1 Å². The number of nitrogens with one attached hydrogen (secondary N) is 1. The van der Waals surface area contributed by atoms with Gasteiger partial charge in [-0.15, -0.1) is 13.2 Å². The van der Waals surface area contributed by atoms with Crippen molar-refractivity contribution >= 4 is 27.8 Å². The fourth-order valence-electron chi connectivity index (χ4n) is 4.06. The maximum atomic E-state index is 13.1. The molecule has 10 heteroatoms. The number of carbonyl (C=O) groups is 1. The summed E-state index contributed by atoms with van der Waals surface area (Å²) in [5.41, 5.74) is 3.32. The molecular weight excluding hydrogens is 425 g/mol. The maximum absolute atomic E-state index is 13.1. The van der Waals surface area contributed by atoms with Gasteiger partial charge in [-0.2, -0.15) is 9.78 Å². The first-order valence-electron chi connectivity index (χ1n) is 9.79. The molecule has 0 saturated carbocycles. The lowest BCUT2D eigenvalue weighted by Gasteiger charge is -2.13. The van der Waals surface area contributed by atoms with Crippen LogP contribution in [0.15, 0.2) is 42.5 Å². The second-order valence-corrected chi connectivity index (χ2v) is 7.50. The molecule has 0 fully saturated rings. The molecule has 1 atom stereocenters. The molecule has 4 aromatic rings. The summed E-state index contributed by atoms with van der Waals surface area (Å²) >= 11 is 0. The third-order valence-electron chi connectivity index (χ3n) is 5.35. The summed E-state index contributed by atoms with van der Waals surface area (Å²) in [6.07, 6.45) is -4.80. The SMILES string of the molecule is Cc1nn(C(=O)N[C@@H]2COc3cc(OC(F)(F)F)ccc32)c2c(C)nc3ccccc3c12. The van der Waals surface area contributed by atoms with Gasteiger partial charge in [0.25, 0.3) is 0 Å². The summed E-state index contributed by atoms with van der Waals surface area (Å²) in [4.78, 5) is 17.7. The third-order valence-corrected chi connectivity index (χ3v) is 5.35. The van der Waals surface area contributed by atoms with Gasteiger partial charge in [-0.1, -0.05) is 18.2 Å². The topological polar surface area (TPSA) is 78.3 Å². The van der Waals surface area contributed by atoms with Crippen LogP contribution in [0.25, 0.3) is 21.8 Å². The molecule has 0 radical (unpaired) electrons. The Hall–Kier alpha value is -3.82. The van der Waals surface area contributed by atoms with Crippen LogP contribution in [0.3, 0.4) is 0 Å². The Morgan fingerprint density at radius 1 is 1.19 bits per heavy atom. The van der Waals surface area contributed by atoms with Crippen molar-refractivity contribution in [2.75, 3.05) is 6.61 Å². The second kappa shape index (κ2) is 7.11. The first-order chi connectivity index (χ1) is 15.2. The van der Waals surface area contributed by atoms with Crippen LogP contribution in [0, 0.1) is 13.8 Å². The number of amides is 1. The highest BCUT2D eigenvalue weighted by atomic mass is 19.4. The number of rotatable bonds is 2. The Morgan fingerprint density at radius 3 is 2.75 bits per heavy atom. The molecule has 1 aliphatic rings. The fraction of sp³-hybridized carbons (Fsp3) is 0.227. The largest absolute Gasteiger partial charge is 0.573 e. The van der Waals surface area contributed by atoms with E-state index in [1.807, 2.05) is 38.1 Å². The minimum atomic E-state index is -4.80. The van der Waals surface area contributed by atoms with E-state index in [1.165, 1.54) is 16.8 Å². The van der Waals surface area contributed by atoms with Crippen molar-refractivity contribution < 1.29 is 27.4 Å². The highest BCUT2D eigenvalue weighted by Crippen LogP contribution is 2.37. The molecule has 164 valence electrons. The number of para-hydroxylation sites is 1. The molecular formula is C22H17F3N4O3. The van der Waals surface area contributed by atoms with E-state index in [2.05, 4.69) is 20.1 Å². The van der Waals surface area contributed by atoms with Gasteiger partial charge >= 0.3 is 12.4 Å². The van der Waals surface area contributed by atoms with Crippen molar-refractivity contribution in [2.24, 2.45) is 0 Å². The van der Waals surface area contributed by atoms with Gasteiger partial charge in [0.2, 0.25) is 0 Å². The van der Waals surface area contributed by atoms with Gasteiger partial charge in [-0.25, -0.2) is 4.79 Å². The molecule has 32 heavy (non-hydrogen) atoms. The van der Waals surface area contributed by atoms with E-state index < -0.39 is 18.4 Å². The standard InChI is InChI=1S/C22H17F3N4O3/c1-11-19-15-5-3-4-6-16(15)26-12(2)20(19)29(28-11)21(30)27-17-10-31-18-9-13(7-8-14(17)18)32-22(23,24)25/h3-9,17H,10H2,1-2H3,(H,27,30)/t17-/m1/s1. The van der Waals surface area contributed by atoms with Crippen LogP contribution in [-0.4, -0.2) is 33.8 Å². The van der Waals surface area contributed by atoms with E-state index in [0.29, 0.717) is 22.5 Å². The van der Waals surface area contributed by atoms with Gasteiger partial charge in [0.05, 0.1) is 22.9 Å². The Kier molecular flexibility index (Phi) is 4.47. The summed E-state index contributed by atoms with van der Waals surface area (Å²) in [5, 5.41) is 9.02. The zero-order valence-electron chi connectivity index (χ0n) is 17.0. The van der Waals surface area contributed by atoms with Gasteiger partial charge in [0, 0.05) is 22.4 Å². The summed E-state index contributed by atoms with van der Waals surface area (Å²) in [6, 6.07) is 10.4. The quantitative estimate of drug-likeness (QED) is 0.483. The van der Waals surface area contributed by atoms with Crippen molar-refractivity contribution in [3.8, 4) is 11.5 Å². The van der Waals surface area contributed by atoms with Crippen molar-refractivity contribution in [1.82, 2.24) is 20.1 Å². The molecule has 0 aliphatic carbocycles. The minimum absolute atomic E-state index is 0.0783. The van der Waals surface area contributed by atoms with Crippen molar-refractivity contribution in [2.45, 2.75) is 26.3 Å². The number of fused-ring (bicyclic) bond motifs is 4. The lowest BCUT2D eigenvalue weighted by Crippen LogP contribution is -2.34. The molecule has 1 N–H and O–H groups in total. The molecule has 5 rings (SSSR count). The van der Waals surface area contributed by atoms with Gasteiger partial charge in [-0.05, 0) is 32.0 Å². The number of benzene rings is 2. The van der Waals surface area contributed by atoms with Crippen LogP contribution in [0.2, 0.25) is 0 Å². The number of aryl methyl sites for hydroxylation is 2. The lowest BCUT2D eigenvalue weighted by molar-refractivity contribution is -0.274. The average molecular weight is 442 g/mol. The van der Waals surface area contributed by atoms with E-state index in [0.717, 1.165) is 22.4 Å². The highest BCUT2D eigenvalue weighted by molar-refractivity contribution is 6.08. The normalized spacial score (nSPS) is 15.6. The predicted octanol–water partition coefficient (Wildman–Crippen LogP) is 4.79. The van der Waals surface area contributed by atoms with Crippen LogP contribution in [0.5, 0.6) is 11.5 Å². The first kappa shape index (κ1) is 20.1. The lowest BCUT2D eigenvalue weighted by atomic mass is 10.1. The van der Waals surface area contributed by atoms with Crippen LogP contribution in [-0.2, 0) is 0 Å². The summed E-state index contributed by atoms with van der Waals surface area (Å²) < 4.78 is 48.0. The van der Waals surface area contributed by atoms with Crippen molar-refractivity contribution in [1.29, 1.82) is 0 Å². The molecule has 1 amide bonds. The Labute approximate surface area is 179 Å². The number of pyridine rings is 1. The molecule has 0 bridgehead atoms. The average Bonchev–Trinajstić information content (AvgIpc) is 3.28. The molecule has 7 nitrogen and oxygen atoms in total. The zero-order valence-corrected chi connectivity index (χ0v) is 17.0. The molecule has 0 spiro atoms. The summed E-state index contributed by atoms with van der Waals surface area (Å²) in [7, 11) is 0. The van der Waals surface area contributed by atoms with E-state index >= 15 is 0 Å². The van der Waals surface area contributed by atoms with E-state index in [4.69, 9.17) is 4.74 Å². The number of halogens is 3. The number of alkyl halides is 3. The Balaban J connectivity index is 1.47. The third kappa shape index (κ3) is 3.37. The molecule has 0 unspecified atom stereocenters. The molecule has 0 saturated heterocycles. The minimum Gasteiger partial charge on any atom is -0.491 e. The van der Waals surface area contributed by atoms with Crippen LogP contribution in [0.4, 0.5) is 18.0 Å². The van der Waals surface area contributed by atoms with Crippen LogP contribution in [0.1, 0.15) is 23.0 Å². The van der Waals surface area contributed by atoms with Gasteiger partial charge in [-0.3, -0.25) is 4.98 Å². The molecule has 2 aromatic heterocycles. The summed E-state index contributed by atoms with van der Waals surface area (Å²) in [5.74, 6) is -0.159. The number of nitrogens with zero attached hydrogens (tertiary/aromatic N) is 3. The fourth-order valence-corrected chi connectivity index (χ4v) is 4.06. The Bertz CT molecular complexity index is 1380. The smallest absolute Gasteiger partial charge is 0.491 e. The van der Waals surface area contributed by atoms with Crippen molar-refractivity contribution in [3.63, 3.8) is 0 Å². The number of aromatic nitrogens is 3. The first-order valence-corrected chi connectivity index (χ1v) is 9.79. The zero-order chi connectivity index (χ0) is 22.6. The predicted molar refractivity (Wildman–Crippen MR) is 110 cm³/mol. The van der Waals surface area contributed by atoms with Crippen LogP contribution >= 0.6 is 0 Å². The van der Waals surface area contributed by atoms with Gasteiger partial charge in [0.15, 0.2) is 0 Å². The number of ether oxygens (including phenoxy) is 2. The molecule has 2 aromatic carbocycles. The monoisotopic (exact) mass is 442 g/mol. The summed E-state index contributed by atoms with van der Waals surface area (Å²) in [6.45, 7) is 3.72. The van der Waals surface area contributed by atoms with Gasteiger partial charge < -0.3 is 14.8 Å². The number of hydrogen-bond acceptors (Lipinski definition) is 5. The molecule has 1 aliphatic heterocycles. The van der Waals surface area contributed by atoms with Crippen molar-refractivity contribution in [3.05, 3.63) is 59.4 Å². The number of hydrogen-bond donors (Lipinski definition) is 1. The van der Waals surface area contributed by atoms with Gasteiger partial charge in [0.1, 0.15) is 23.6 Å². The number of carbonyl (C=O) groups excluding carboxylic acids is 1. The Morgan fingerprint density at radius 2 is 1.97 bits per heavy atom. The van der Waals surface area contributed by atoms with E-state index in [9.17, 15) is 18.0 Å².